The Morgan fingerprint density at radius 1 is 1.37 bits per heavy atom. The summed E-state index contributed by atoms with van der Waals surface area (Å²) in [6.45, 7) is 8.28. The minimum absolute atomic E-state index is 0.461. The van der Waals surface area contributed by atoms with Gasteiger partial charge in [-0.05, 0) is 30.0 Å². The van der Waals surface area contributed by atoms with E-state index in [2.05, 4.69) is 43.6 Å². The van der Waals surface area contributed by atoms with Crippen molar-refractivity contribution < 1.29 is 9.15 Å². The number of rotatable bonds is 7. The Morgan fingerprint density at radius 2 is 2.21 bits per heavy atom. The summed E-state index contributed by atoms with van der Waals surface area (Å²) in [6.07, 6.45) is 0. The first-order valence-corrected chi connectivity index (χ1v) is 7.45. The molecule has 104 valence electrons. The van der Waals surface area contributed by atoms with Crippen molar-refractivity contribution in [1.82, 2.24) is 5.32 Å². The molecule has 2 aromatic rings. The normalized spacial score (nSPS) is 11.4. The van der Waals surface area contributed by atoms with Crippen LogP contribution in [0.5, 0.6) is 0 Å². The minimum atomic E-state index is 0.461. The van der Waals surface area contributed by atoms with Gasteiger partial charge in [0.15, 0.2) is 0 Å². The zero-order valence-electron chi connectivity index (χ0n) is 11.7. The summed E-state index contributed by atoms with van der Waals surface area (Å²) in [7, 11) is 0. The molecule has 0 aliphatic carbocycles. The number of ether oxygens (including phenoxy) is 1. The van der Waals surface area contributed by atoms with Crippen molar-refractivity contribution in [1.29, 1.82) is 0 Å². The van der Waals surface area contributed by atoms with Crippen LogP contribution in [0.25, 0.3) is 0 Å². The summed E-state index contributed by atoms with van der Waals surface area (Å²) in [4.78, 5) is 1.24. The van der Waals surface area contributed by atoms with Crippen molar-refractivity contribution in [2.75, 3.05) is 0 Å². The number of furan rings is 1. The fourth-order valence-electron chi connectivity index (χ4n) is 1.78. The van der Waals surface area contributed by atoms with Gasteiger partial charge in [0.05, 0.1) is 13.2 Å². The monoisotopic (exact) mass is 279 g/mol. The van der Waals surface area contributed by atoms with Crippen LogP contribution in [0.4, 0.5) is 0 Å². The topological polar surface area (TPSA) is 34.4 Å². The van der Waals surface area contributed by atoms with E-state index in [0.29, 0.717) is 19.3 Å². The van der Waals surface area contributed by atoms with Gasteiger partial charge in [-0.3, -0.25) is 0 Å². The van der Waals surface area contributed by atoms with Gasteiger partial charge < -0.3 is 14.5 Å². The SMILES string of the molecule is Cc1cc(COCc2cccs2)oc1CNC(C)C. The molecule has 0 fully saturated rings. The second-order valence-electron chi connectivity index (χ2n) is 4.93. The first kappa shape index (κ1) is 14.3. The number of aryl methyl sites for hydroxylation is 1. The molecule has 0 spiro atoms. The van der Waals surface area contributed by atoms with Crippen LogP contribution >= 0.6 is 11.3 Å². The van der Waals surface area contributed by atoms with Gasteiger partial charge in [0, 0.05) is 10.9 Å². The molecule has 4 heteroatoms. The largest absolute Gasteiger partial charge is 0.462 e. The molecule has 0 aliphatic heterocycles. The Kier molecular flexibility index (Phi) is 5.19. The second-order valence-corrected chi connectivity index (χ2v) is 5.96. The van der Waals surface area contributed by atoms with Gasteiger partial charge in [0.2, 0.25) is 0 Å². The highest BCUT2D eigenvalue weighted by Gasteiger charge is 2.08. The molecule has 2 aromatic heterocycles. The quantitative estimate of drug-likeness (QED) is 0.835. The Balaban J connectivity index is 1.82. The van der Waals surface area contributed by atoms with Crippen molar-refractivity contribution in [3.63, 3.8) is 0 Å². The predicted octanol–water partition coefficient (Wildman–Crippen LogP) is 3.86. The molecular formula is C15H21NO2S. The zero-order chi connectivity index (χ0) is 13.7. The molecule has 0 atom stereocenters. The maximum atomic E-state index is 5.80. The summed E-state index contributed by atoms with van der Waals surface area (Å²) < 4.78 is 11.5. The molecule has 0 radical (unpaired) electrons. The third-order valence-corrected chi connectivity index (χ3v) is 3.66. The average molecular weight is 279 g/mol. The highest BCUT2D eigenvalue weighted by Crippen LogP contribution is 2.17. The molecule has 0 amide bonds. The Bertz CT molecular complexity index is 488. The summed E-state index contributed by atoms with van der Waals surface area (Å²) in [5.41, 5.74) is 1.18. The number of hydrogen-bond donors (Lipinski definition) is 1. The van der Waals surface area contributed by atoms with Crippen molar-refractivity contribution in [3.8, 4) is 0 Å². The lowest BCUT2D eigenvalue weighted by Gasteiger charge is -2.06. The smallest absolute Gasteiger partial charge is 0.130 e. The lowest BCUT2D eigenvalue weighted by molar-refractivity contribution is 0.0938. The van der Waals surface area contributed by atoms with Crippen LogP contribution in [0.2, 0.25) is 0 Å². The second kappa shape index (κ2) is 6.89. The summed E-state index contributed by atoms with van der Waals surface area (Å²) in [5.74, 6) is 1.90. The first-order chi connectivity index (χ1) is 9.15. The van der Waals surface area contributed by atoms with E-state index in [1.165, 1.54) is 10.4 Å². The van der Waals surface area contributed by atoms with Gasteiger partial charge >= 0.3 is 0 Å². The lowest BCUT2D eigenvalue weighted by Crippen LogP contribution is -2.21. The van der Waals surface area contributed by atoms with Gasteiger partial charge in [-0.15, -0.1) is 11.3 Å². The van der Waals surface area contributed by atoms with E-state index in [1.54, 1.807) is 11.3 Å². The van der Waals surface area contributed by atoms with Crippen molar-refractivity contribution in [3.05, 3.63) is 45.5 Å². The fourth-order valence-corrected chi connectivity index (χ4v) is 2.42. The van der Waals surface area contributed by atoms with Gasteiger partial charge in [-0.2, -0.15) is 0 Å². The van der Waals surface area contributed by atoms with Crippen molar-refractivity contribution in [2.24, 2.45) is 0 Å². The third-order valence-electron chi connectivity index (χ3n) is 2.81. The van der Waals surface area contributed by atoms with E-state index in [9.17, 15) is 0 Å². The van der Waals surface area contributed by atoms with Crippen LogP contribution in [0.1, 0.15) is 35.8 Å². The molecule has 0 bridgehead atoms. The summed E-state index contributed by atoms with van der Waals surface area (Å²) in [6, 6.07) is 6.64. The maximum Gasteiger partial charge on any atom is 0.130 e. The molecule has 0 aromatic carbocycles. The molecule has 19 heavy (non-hydrogen) atoms. The fraction of sp³-hybridized carbons (Fsp3) is 0.467. The van der Waals surface area contributed by atoms with E-state index in [0.717, 1.165) is 18.1 Å². The highest BCUT2D eigenvalue weighted by molar-refractivity contribution is 7.09. The van der Waals surface area contributed by atoms with Crippen LogP contribution < -0.4 is 5.32 Å². The Labute approximate surface area is 118 Å². The van der Waals surface area contributed by atoms with Crippen LogP contribution in [0.3, 0.4) is 0 Å². The zero-order valence-corrected chi connectivity index (χ0v) is 12.5. The van der Waals surface area contributed by atoms with E-state index >= 15 is 0 Å². The Hall–Kier alpha value is -1.10. The lowest BCUT2D eigenvalue weighted by atomic mass is 10.2. The van der Waals surface area contributed by atoms with Gasteiger partial charge in [0.1, 0.15) is 18.1 Å². The summed E-state index contributed by atoms with van der Waals surface area (Å²) in [5, 5.41) is 5.42. The van der Waals surface area contributed by atoms with Gasteiger partial charge in [-0.25, -0.2) is 0 Å². The minimum Gasteiger partial charge on any atom is -0.462 e. The molecule has 0 saturated carbocycles. The molecule has 0 saturated heterocycles. The van der Waals surface area contributed by atoms with Gasteiger partial charge in [0.25, 0.3) is 0 Å². The molecule has 1 N–H and O–H groups in total. The summed E-state index contributed by atoms with van der Waals surface area (Å²) >= 11 is 1.71. The standard InChI is InChI=1S/C15H21NO2S/c1-11(2)16-8-15-12(3)7-13(18-15)9-17-10-14-5-4-6-19-14/h4-7,11,16H,8-10H2,1-3H3. The molecule has 0 unspecified atom stereocenters. The van der Waals surface area contributed by atoms with E-state index < -0.39 is 0 Å². The molecule has 0 aliphatic rings. The molecule has 2 heterocycles. The molecule has 3 nitrogen and oxygen atoms in total. The highest BCUT2D eigenvalue weighted by atomic mass is 32.1. The van der Waals surface area contributed by atoms with E-state index in [1.807, 2.05) is 6.07 Å². The first-order valence-electron chi connectivity index (χ1n) is 6.57. The number of nitrogens with one attached hydrogen (secondary N) is 1. The molecular weight excluding hydrogens is 258 g/mol. The van der Waals surface area contributed by atoms with E-state index in [-0.39, 0.29) is 0 Å². The Morgan fingerprint density at radius 3 is 2.89 bits per heavy atom. The number of thiophene rings is 1. The van der Waals surface area contributed by atoms with Crippen molar-refractivity contribution >= 4 is 11.3 Å². The third kappa shape index (κ3) is 4.49. The maximum absolute atomic E-state index is 5.80. The van der Waals surface area contributed by atoms with E-state index in [4.69, 9.17) is 9.15 Å². The average Bonchev–Trinajstić information content (AvgIpc) is 2.97. The van der Waals surface area contributed by atoms with Crippen LogP contribution in [-0.2, 0) is 24.5 Å². The van der Waals surface area contributed by atoms with Crippen molar-refractivity contribution in [2.45, 2.75) is 46.6 Å². The predicted molar refractivity (Wildman–Crippen MR) is 78.2 cm³/mol. The van der Waals surface area contributed by atoms with Crippen LogP contribution in [0.15, 0.2) is 28.0 Å². The van der Waals surface area contributed by atoms with Crippen LogP contribution in [0, 0.1) is 6.92 Å². The van der Waals surface area contributed by atoms with Crippen LogP contribution in [-0.4, -0.2) is 6.04 Å². The molecule has 2 rings (SSSR count). The van der Waals surface area contributed by atoms with Gasteiger partial charge in [-0.1, -0.05) is 19.9 Å². The number of hydrogen-bond acceptors (Lipinski definition) is 4.